The minimum Gasteiger partial charge on any atom is -0.395 e. The summed E-state index contributed by atoms with van der Waals surface area (Å²) in [6.07, 6.45) is 0. The molecule has 0 aromatic rings. The quantitative estimate of drug-likeness (QED) is 0.734. The molecular formula is C11H28N2O. The third-order valence-electron chi connectivity index (χ3n) is 2.01. The lowest BCUT2D eigenvalue weighted by Crippen LogP contribution is -2.45. The van der Waals surface area contributed by atoms with Crippen molar-refractivity contribution in [1.29, 1.82) is 0 Å². The summed E-state index contributed by atoms with van der Waals surface area (Å²) in [5, 5.41) is 8.63. The van der Waals surface area contributed by atoms with E-state index in [9.17, 15) is 0 Å². The molecule has 0 atom stereocenters. The zero-order valence-electron chi connectivity index (χ0n) is 10.6. The summed E-state index contributed by atoms with van der Waals surface area (Å²) in [4.78, 5) is 4.61. The Hall–Kier alpha value is -0.120. The van der Waals surface area contributed by atoms with E-state index in [0.29, 0.717) is 6.61 Å². The van der Waals surface area contributed by atoms with Gasteiger partial charge in [0.1, 0.15) is 0 Å². The topological polar surface area (TPSA) is 26.7 Å². The van der Waals surface area contributed by atoms with Gasteiger partial charge in [0.15, 0.2) is 0 Å². The van der Waals surface area contributed by atoms with Crippen molar-refractivity contribution in [3.8, 4) is 0 Å². The molecule has 0 unspecified atom stereocenters. The molecule has 1 saturated heterocycles. The average molecular weight is 204 g/mol. The number of piperazine rings is 1. The molecule has 14 heavy (non-hydrogen) atoms. The van der Waals surface area contributed by atoms with Crippen molar-refractivity contribution < 1.29 is 5.11 Å². The smallest absolute Gasteiger partial charge is 0.0558 e. The Morgan fingerprint density at radius 2 is 1.36 bits per heavy atom. The van der Waals surface area contributed by atoms with Crippen LogP contribution in [0.3, 0.4) is 0 Å². The summed E-state index contributed by atoms with van der Waals surface area (Å²) in [7, 11) is 2.14. The SMILES string of the molecule is CC.CC.CN1CCN(CCO)CC1. The minimum atomic E-state index is 0.295. The average Bonchev–Trinajstić information content (AvgIpc) is 2.28. The Morgan fingerprint density at radius 3 is 1.71 bits per heavy atom. The molecule has 1 N–H and O–H groups in total. The van der Waals surface area contributed by atoms with Gasteiger partial charge in [-0.3, -0.25) is 4.90 Å². The van der Waals surface area contributed by atoms with Gasteiger partial charge in [0.25, 0.3) is 0 Å². The fourth-order valence-electron chi connectivity index (χ4n) is 1.21. The van der Waals surface area contributed by atoms with Crippen molar-refractivity contribution >= 4 is 0 Å². The number of hydrogen-bond acceptors (Lipinski definition) is 3. The third kappa shape index (κ3) is 8.48. The molecule has 1 aliphatic heterocycles. The van der Waals surface area contributed by atoms with Gasteiger partial charge in [-0.15, -0.1) is 0 Å². The summed E-state index contributed by atoms with van der Waals surface area (Å²) in [6, 6.07) is 0. The summed E-state index contributed by atoms with van der Waals surface area (Å²) < 4.78 is 0. The molecule has 1 fully saturated rings. The maximum atomic E-state index is 8.63. The van der Waals surface area contributed by atoms with Crippen LogP contribution in [-0.4, -0.2) is 61.3 Å². The Balaban J connectivity index is 0. The van der Waals surface area contributed by atoms with E-state index in [4.69, 9.17) is 5.11 Å². The third-order valence-corrected chi connectivity index (χ3v) is 2.01. The van der Waals surface area contributed by atoms with Gasteiger partial charge >= 0.3 is 0 Å². The van der Waals surface area contributed by atoms with E-state index in [2.05, 4.69) is 16.8 Å². The van der Waals surface area contributed by atoms with Gasteiger partial charge in [0, 0.05) is 32.7 Å². The molecule has 0 aromatic heterocycles. The van der Waals surface area contributed by atoms with Gasteiger partial charge in [-0.25, -0.2) is 0 Å². The van der Waals surface area contributed by atoms with Crippen LogP contribution in [0, 0.1) is 0 Å². The number of rotatable bonds is 2. The normalized spacial score (nSPS) is 17.6. The van der Waals surface area contributed by atoms with Crippen LogP contribution in [0.4, 0.5) is 0 Å². The van der Waals surface area contributed by atoms with Crippen molar-refractivity contribution in [2.45, 2.75) is 27.7 Å². The molecule has 0 aromatic carbocycles. The summed E-state index contributed by atoms with van der Waals surface area (Å²) >= 11 is 0. The number of β-amino-alcohol motifs (C(OH)–C–C–N with tert-alkyl or cyclic N) is 1. The Labute approximate surface area is 89.7 Å². The molecule has 1 heterocycles. The molecule has 3 heteroatoms. The zero-order chi connectivity index (χ0) is 11.4. The summed E-state index contributed by atoms with van der Waals surface area (Å²) in [5.74, 6) is 0. The molecule has 0 saturated carbocycles. The first-order valence-electron chi connectivity index (χ1n) is 5.84. The maximum Gasteiger partial charge on any atom is 0.0558 e. The van der Waals surface area contributed by atoms with Gasteiger partial charge < -0.3 is 10.0 Å². The van der Waals surface area contributed by atoms with E-state index in [1.165, 1.54) is 0 Å². The maximum absolute atomic E-state index is 8.63. The predicted octanol–water partition coefficient (Wildman–Crippen LogP) is 1.28. The van der Waals surface area contributed by atoms with Crippen molar-refractivity contribution in [2.75, 3.05) is 46.4 Å². The molecule has 1 aliphatic rings. The van der Waals surface area contributed by atoms with Crippen LogP contribution >= 0.6 is 0 Å². The lowest BCUT2D eigenvalue weighted by molar-refractivity contribution is 0.128. The molecule has 3 nitrogen and oxygen atoms in total. The molecule has 1 rings (SSSR count). The highest BCUT2D eigenvalue weighted by Gasteiger charge is 2.11. The lowest BCUT2D eigenvalue weighted by atomic mass is 10.3. The highest BCUT2D eigenvalue weighted by Crippen LogP contribution is 1.96. The highest BCUT2D eigenvalue weighted by molar-refractivity contribution is 4.68. The first-order chi connectivity index (χ1) is 6.83. The molecule has 0 amide bonds. The Morgan fingerprint density at radius 1 is 0.929 bits per heavy atom. The molecular weight excluding hydrogens is 176 g/mol. The van der Waals surface area contributed by atoms with Gasteiger partial charge in [0.05, 0.1) is 6.61 Å². The number of hydrogen-bond donors (Lipinski definition) is 1. The van der Waals surface area contributed by atoms with Crippen LogP contribution in [0.25, 0.3) is 0 Å². The Bertz CT molecular complexity index is 91.3. The Kier molecular flexibility index (Phi) is 15.0. The fraction of sp³-hybridized carbons (Fsp3) is 1.00. The molecule has 0 spiro atoms. The van der Waals surface area contributed by atoms with Crippen LogP contribution in [0.15, 0.2) is 0 Å². The standard InChI is InChI=1S/C7H16N2O.2C2H6/c1-8-2-4-9(5-3-8)6-7-10;2*1-2/h10H,2-7H2,1H3;2*1-2H3. The monoisotopic (exact) mass is 204 g/mol. The molecule has 0 radical (unpaired) electrons. The predicted molar refractivity (Wildman–Crippen MR) is 63.7 cm³/mol. The minimum absolute atomic E-state index is 0.295. The van der Waals surface area contributed by atoms with Crippen molar-refractivity contribution in [3.05, 3.63) is 0 Å². The van der Waals surface area contributed by atoms with Gasteiger partial charge in [0.2, 0.25) is 0 Å². The van der Waals surface area contributed by atoms with E-state index in [1.807, 2.05) is 27.7 Å². The summed E-state index contributed by atoms with van der Waals surface area (Å²) in [5.41, 5.74) is 0. The highest BCUT2D eigenvalue weighted by atomic mass is 16.3. The van der Waals surface area contributed by atoms with Crippen molar-refractivity contribution in [2.24, 2.45) is 0 Å². The lowest BCUT2D eigenvalue weighted by Gasteiger charge is -2.31. The number of aliphatic hydroxyl groups excluding tert-OH is 1. The first kappa shape index (κ1) is 16.3. The van der Waals surface area contributed by atoms with Crippen LogP contribution in [0.5, 0.6) is 0 Å². The number of aliphatic hydroxyl groups is 1. The fourth-order valence-corrected chi connectivity index (χ4v) is 1.21. The van der Waals surface area contributed by atoms with Crippen molar-refractivity contribution in [1.82, 2.24) is 9.80 Å². The van der Waals surface area contributed by atoms with E-state index in [0.717, 1.165) is 32.7 Å². The van der Waals surface area contributed by atoms with E-state index in [1.54, 1.807) is 0 Å². The van der Waals surface area contributed by atoms with E-state index >= 15 is 0 Å². The number of likely N-dealkylation sites (N-methyl/N-ethyl adjacent to an activating group) is 1. The van der Waals surface area contributed by atoms with Crippen molar-refractivity contribution in [3.63, 3.8) is 0 Å². The van der Waals surface area contributed by atoms with Crippen LogP contribution in [0.2, 0.25) is 0 Å². The van der Waals surface area contributed by atoms with Gasteiger partial charge in [-0.05, 0) is 7.05 Å². The van der Waals surface area contributed by atoms with Crippen LogP contribution in [-0.2, 0) is 0 Å². The largest absolute Gasteiger partial charge is 0.395 e. The second kappa shape index (κ2) is 12.9. The first-order valence-corrected chi connectivity index (χ1v) is 5.84. The summed E-state index contributed by atoms with van der Waals surface area (Å²) in [6.45, 7) is 13.6. The molecule has 0 aliphatic carbocycles. The van der Waals surface area contributed by atoms with Crippen LogP contribution < -0.4 is 0 Å². The van der Waals surface area contributed by atoms with Gasteiger partial charge in [-0.2, -0.15) is 0 Å². The second-order valence-corrected chi connectivity index (χ2v) is 2.87. The van der Waals surface area contributed by atoms with Gasteiger partial charge in [-0.1, -0.05) is 27.7 Å². The molecule has 88 valence electrons. The number of nitrogens with zero attached hydrogens (tertiary/aromatic N) is 2. The van der Waals surface area contributed by atoms with E-state index < -0.39 is 0 Å². The zero-order valence-corrected chi connectivity index (χ0v) is 10.6. The van der Waals surface area contributed by atoms with E-state index in [-0.39, 0.29) is 0 Å². The second-order valence-electron chi connectivity index (χ2n) is 2.87. The van der Waals surface area contributed by atoms with Crippen LogP contribution in [0.1, 0.15) is 27.7 Å². The molecule has 0 bridgehead atoms.